The normalized spacial score (nSPS) is 13.7. The second-order valence-electron chi connectivity index (χ2n) is 1.64. The predicted octanol–water partition coefficient (Wildman–Crippen LogP) is 1.04. The van der Waals surface area contributed by atoms with Crippen molar-refractivity contribution < 1.29 is 4.55 Å². The van der Waals surface area contributed by atoms with E-state index in [1.54, 1.807) is 17.4 Å². The molecule has 1 rings (SSSR count). The summed E-state index contributed by atoms with van der Waals surface area (Å²) in [7, 11) is 0. The third-order valence-corrected chi connectivity index (χ3v) is 2.88. The van der Waals surface area contributed by atoms with Crippen molar-refractivity contribution in [3.05, 3.63) is 16.3 Å². The molecule has 9 heavy (non-hydrogen) atoms. The van der Waals surface area contributed by atoms with Gasteiger partial charge in [-0.3, -0.25) is 0 Å². The van der Waals surface area contributed by atoms with Crippen molar-refractivity contribution in [2.75, 3.05) is 0 Å². The maximum atomic E-state index is 10.6. The van der Waals surface area contributed by atoms with Crippen LogP contribution in [0, 0.1) is 6.92 Å². The van der Waals surface area contributed by atoms with Gasteiger partial charge in [-0.25, -0.2) is 0 Å². The zero-order valence-corrected chi connectivity index (χ0v) is 6.59. The van der Waals surface area contributed by atoms with Gasteiger partial charge in [-0.2, -0.15) is 0 Å². The van der Waals surface area contributed by atoms with Crippen LogP contribution in [0.4, 0.5) is 0 Å². The number of thiophene rings is 1. The van der Waals surface area contributed by atoms with Crippen molar-refractivity contribution in [3.63, 3.8) is 0 Å². The van der Waals surface area contributed by atoms with Crippen molar-refractivity contribution >= 4 is 22.7 Å². The van der Waals surface area contributed by atoms with Crippen molar-refractivity contribution in [1.29, 1.82) is 0 Å². The van der Waals surface area contributed by atoms with E-state index in [0.717, 1.165) is 9.77 Å². The van der Waals surface area contributed by atoms with Crippen LogP contribution in [-0.4, -0.2) is 4.55 Å². The van der Waals surface area contributed by atoms with E-state index in [-0.39, 0.29) is 0 Å². The highest BCUT2D eigenvalue weighted by Gasteiger charge is 2.09. The Morgan fingerprint density at radius 2 is 2.44 bits per heavy atom. The zero-order valence-electron chi connectivity index (χ0n) is 4.96. The Morgan fingerprint density at radius 1 is 1.78 bits per heavy atom. The molecular weight excluding hydrogens is 154 g/mol. The van der Waals surface area contributed by atoms with Gasteiger partial charge < -0.3 is 4.55 Å². The molecule has 1 heterocycles. The van der Waals surface area contributed by atoms with E-state index in [1.807, 2.05) is 12.3 Å². The lowest BCUT2D eigenvalue weighted by Gasteiger charge is -1.98. The molecule has 0 unspecified atom stereocenters. The summed E-state index contributed by atoms with van der Waals surface area (Å²) >= 11 is 0.261. The minimum atomic E-state index is -1.30. The molecule has 0 aliphatic carbocycles. The van der Waals surface area contributed by atoms with Crippen molar-refractivity contribution in [2.45, 2.75) is 11.8 Å². The molecule has 2 N–H and O–H groups in total. The summed E-state index contributed by atoms with van der Waals surface area (Å²) in [4.78, 5) is 1.79. The maximum absolute atomic E-state index is 10.6. The van der Waals surface area contributed by atoms with E-state index in [1.165, 1.54) is 0 Å². The maximum Gasteiger partial charge on any atom is 0.187 e. The first kappa shape index (κ1) is 7.08. The number of hydrogen-bond donors (Lipinski definition) is 1. The molecular formula is C5H7NOS2. The van der Waals surface area contributed by atoms with E-state index in [2.05, 4.69) is 0 Å². The molecule has 1 aromatic rings. The van der Waals surface area contributed by atoms with E-state index in [4.69, 9.17) is 5.14 Å². The number of rotatable bonds is 1. The average Bonchev–Trinajstić information content (AvgIpc) is 2.13. The van der Waals surface area contributed by atoms with Crippen molar-refractivity contribution in [1.82, 2.24) is 0 Å². The van der Waals surface area contributed by atoms with Gasteiger partial charge in [0.2, 0.25) is 0 Å². The summed E-state index contributed by atoms with van der Waals surface area (Å²) in [6.45, 7) is 1.91. The van der Waals surface area contributed by atoms with E-state index in [9.17, 15) is 4.55 Å². The van der Waals surface area contributed by atoms with Crippen LogP contribution < -0.4 is 5.14 Å². The minimum Gasteiger partial charge on any atom is -0.593 e. The first-order valence-corrected chi connectivity index (χ1v) is 4.51. The first-order chi connectivity index (χ1) is 4.22. The molecule has 0 aliphatic heterocycles. The highest BCUT2D eigenvalue weighted by atomic mass is 32.2. The minimum absolute atomic E-state index is 0.750. The lowest BCUT2D eigenvalue weighted by molar-refractivity contribution is 0.596. The molecule has 0 saturated carbocycles. The van der Waals surface area contributed by atoms with Gasteiger partial charge in [0, 0.05) is 6.07 Å². The van der Waals surface area contributed by atoms with Crippen LogP contribution in [0.1, 0.15) is 4.88 Å². The molecule has 0 radical (unpaired) electrons. The number of aryl methyl sites for hydroxylation is 1. The molecule has 0 saturated heterocycles. The molecule has 1 atom stereocenters. The van der Waals surface area contributed by atoms with Gasteiger partial charge in [-0.05, 0) is 12.3 Å². The molecule has 0 amide bonds. The molecule has 0 bridgehead atoms. The SMILES string of the molecule is Cc1sccc1[S@+](N)[O-]. The molecule has 1 aromatic heterocycles. The summed E-state index contributed by atoms with van der Waals surface area (Å²) in [5.74, 6) is 0. The standard InChI is InChI=1S/C5H7NOS2/c1-4-5(9(6)7)2-3-8-4/h2-3H,6H2,1H3/t9-/m1/s1. The van der Waals surface area contributed by atoms with Crippen LogP contribution in [0.15, 0.2) is 16.3 Å². The van der Waals surface area contributed by atoms with Crippen LogP contribution in [0.5, 0.6) is 0 Å². The zero-order chi connectivity index (χ0) is 6.85. The highest BCUT2D eigenvalue weighted by molar-refractivity contribution is 7.89. The monoisotopic (exact) mass is 161 g/mol. The van der Waals surface area contributed by atoms with Crippen LogP contribution in [0.3, 0.4) is 0 Å². The van der Waals surface area contributed by atoms with Gasteiger partial charge in [0.05, 0.1) is 16.2 Å². The van der Waals surface area contributed by atoms with Crippen LogP contribution in [-0.2, 0) is 11.4 Å². The third kappa shape index (κ3) is 1.46. The molecule has 0 spiro atoms. The second-order valence-corrected chi connectivity index (χ2v) is 3.79. The number of hydrogen-bond acceptors (Lipinski definition) is 3. The Kier molecular flexibility index (Phi) is 2.13. The fourth-order valence-electron chi connectivity index (χ4n) is 0.582. The Bertz CT molecular complexity index is 197. The predicted molar refractivity (Wildman–Crippen MR) is 39.7 cm³/mol. The third-order valence-electron chi connectivity index (χ3n) is 1.03. The van der Waals surface area contributed by atoms with E-state index >= 15 is 0 Å². The molecule has 0 aliphatic rings. The smallest absolute Gasteiger partial charge is 0.187 e. The lowest BCUT2D eigenvalue weighted by atomic mass is 10.5. The van der Waals surface area contributed by atoms with Gasteiger partial charge in [0.15, 0.2) is 4.90 Å². The molecule has 2 nitrogen and oxygen atoms in total. The fraction of sp³-hybridized carbons (Fsp3) is 0.200. The average molecular weight is 161 g/mol. The Hall–Kier alpha value is -0.0300. The number of nitrogens with two attached hydrogens (primary N) is 1. The van der Waals surface area contributed by atoms with Gasteiger partial charge in [-0.15, -0.1) is 16.5 Å². The quantitative estimate of drug-likeness (QED) is 0.625. The lowest BCUT2D eigenvalue weighted by Crippen LogP contribution is -2.11. The van der Waals surface area contributed by atoms with Crippen molar-refractivity contribution in [2.24, 2.45) is 5.14 Å². The largest absolute Gasteiger partial charge is 0.593 e. The van der Waals surface area contributed by atoms with Crippen LogP contribution >= 0.6 is 11.3 Å². The Balaban J connectivity index is 2.94. The van der Waals surface area contributed by atoms with E-state index in [0.29, 0.717) is 0 Å². The van der Waals surface area contributed by atoms with E-state index < -0.39 is 11.4 Å². The first-order valence-electron chi connectivity index (χ1n) is 2.42. The summed E-state index contributed by atoms with van der Waals surface area (Å²) in [6, 6.07) is 1.79. The van der Waals surface area contributed by atoms with Gasteiger partial charge in [0.1, 0.15) is 0 Å². The summed E-state index contributed by atoms with van der Waals surface area (Å²) in [5, 5.41) is 7.02. The summed E-state index contributed by atoms with van der Waals surface area (Å²) in [5.41, 5.74) is 0. The van der Waals surface area contributed by atoms with Crippen LogP contribution in [0.2, 0.25) is 0 Å². The van der Waals surface area contributed by atoms with Gasteiger partial charge in [0.25, 0.3) is 0 Å². The van der Waals surface area contributed by atoms with Gasteiger partial charge >= 0.3 is 0 Å². The summed E-state index contributed by atoms with van der Waals surface area (Å²) < 4.78 is 10.6. The topological polar surface area (TPSA) is 49.1 Å². The molecule has 4 heteroatoms. The van der Waals surface area contributed by atoms with Crippen molar-refractivity contribution in [3.8, 4) is 0 Å². The Labute approximate surface area is 61.0 Å². The van der Waals surface area contributed by atoms with Crippen LogP contribution in [0.25, 0.3) is 0 Å². The fourth-order valence-corrected chi connectivity index (χ4v) is 2.14. The second kappa shape index (κ2) is 2.70. The molecule has 0 fully saturated rings. The highest BCUT2D eigenvalue weighted by Crippen LogP contribution is 2.18. The van der Waals surface area contributed by atoms with Gasteiger partial charge in [-0.1, -0.05) is 0 Å². The summed E-state index contributed by atoms with van der Waals surface area (Å²) in [6.07, 6.45) is 0. The Morgan fingerprint density at radius 3 is 2.67 bits per heavy atom. The molecule has 50 valence electrons. The molecule has 0 aromatic carbocycles.